The quantitative estimate of drug-likeness (QED) is 0.457. The Labute approximate surface area is 106 Å². The fourth-order valence-corrected chi connectivity index (χ4v) is 1.35. The summed E-state index contributed by atoms with van der Waals surface area (Å²) in [6, 6.07) is 9.63. The monoisotopic (exact) mass is 248 g/mol. The lowest BCUT2D eigenvalue weighted by Gasteiger charge is -2.13. The molecule has 1 atom stereocenters. The van der Waals surface area contributed by atoms with Gasteiger partial charge in [0.05, 0.1) is 0 Å². The molecule has 18 heavy (non-hydrogen) atoms. The van der Waals surface area contributed by atoms with Crippen molar-refractivity contribution in [3.05, 3.63) is 60.2 Å². The number of carbonyl (C=O) groups is 1. The van der Waals surface area contributed by atoms with Crippen LogP contribution in [0.2, 0.25) is 0 Å². The highest BCUT2D eigenvalue weighted by Crippen LogP contribution is 2.18. The average molecular weight is 248 g/mol. The summed E-state index contributed by atoms with van der Waals surface area (Å²) < 4.78 is 10.4. The molecular formula is C14H16O4. The third-order valence-corrected chi connectivity index (χ3v) is 2.13. The van der Waals surface area contributed by atoms with Crippen LogP contribution in [0, 0.1) is 0 Å². The number of aliphatic carboxylic acids is 1. The number of rotatable bonds is 7. The van der Waals surface area contributed by atoms with E-state index in [9.17, 15) is 4.79 Å². The first kappa shape index (κ1) is 14.2. The topological polar surface area (TPSA) is 55.8 Å². The molecule has 1 aromatic rings. The summed E-state index contributed by atoms with van der Waals surface area (Å²) in [5.74, 6) is -0.978. The maximum atomic E-state index is 10.3. The van der Waals surface area contributed by atoms with Gasteiger partial charge in [0.1, 0.15) is 12.9 Å². The summed E-state index contributed by atoms with van der Waals surface area (Å²) in [6.07, 6.45) is 5.67. The minimum Gasteiger partial charge on any atom is -0.478 e. The van der Waals surface area contributed by atoms with Gasteiger partial charge in [0.2, 0.25) is 0 Å². The number of carboxylic acids is 1. The molecule has 0 spiro atoms. The lowest BCUT2D eigenvalue weighted by Crippen LogP contribution is -2.04. The molecule has 96 valence electrons. The molecule has 1 aromatic carbocycles. The second kappa shape index (κ2) is 8.22. The second-order valence-electron chi connectivity index (χ2n) is 3.49. The maximum Gasteiger partial charge on any atom is 0.328 e. The molecule has 0 saturated heterocycles. The number of methoxy groups -OCH3 is 1. The fourth-order valence-electron chi connectivity index (χ4n) is 1.35. The van der Waals surface area contributed by atoms with Gasteiger partial charge in [-0.1, -0.05) is 48.6 Å². The zero-order valence-corrected chi connectivity index (χ0v) is 10.2. The van der Waals surface area contributed by atoms with Crippen molar-refractivity contribution in [1.29, 1.82) is 0 Å². The van der Waals surface area contributed by atoms with Gasteiger partial charge < -0.3 is 14.6 Å². The van der Waals surface area contributed by atoms with Gasteiger partial charge in [-0.25, -0.2) is 4.79 Å². The van der Waals surface area contributed by atoms with Crippen molar-refractivity contribution in [3.8, 4) is 0 Å². The number of ether oxygens (including phenoxy) is 2. The van der Waals surface area contributed by atoms with Gasteiger partial charge in [-0.15, -0.1) is 0 Å². The van der Waals surface area contributed by atoms with Crippen molar-refractivity contribution in [1.82, 2.24) is 0 Å². The van der Waals surface area contributed by atoms with E-state index < -0.39 is 5.97 Å². The van der Waals surface area contributed by atoms with Crippen LogP contribution in [0.25, 0.3) is 0 Å². The lowest BCUT2D eigenvalue weighted by molar-refractivity contribution is -0.131. The highest BCUT2D eigenvalue weighted by molar-refractivity contribution is 5.80. The van der Waals surface area contributed by atoms with E-state index in [1.165, 1.54) is 6.08 Å². The highest BCUT2D eigenvalue weighted by atomic mass is 16.7. The molecular weight excluding hydrogens is 232 g/mol. The summed E-state index contributed by atoms with van der Waals surface area (Å²) in [6.45, 7) is 0.173. The molecule has 0 radical (unpaired) electrons. The van der Waals surface area contributed by atoms with Crippen LogP contribution in [0.4, 0.5) is 0 Å². The molecule has 0 saturated carbocycles. The number of hydrogen-bond acceptors (Lipinski definition) is 3. The summed E-state index contributed by atoms with van der Waals surface area (Å²) in [5.41, 5.74) is 0.981. The molecule has 0 aliphatic heterocycles. The zero-order valence-electron chi connectivity index (χ0n) is 10.2. The molecule has 1 N–H and O–H groups in total. The molecule has 0 amide bonds. The van der Waals surface area contributed by atoms with Gasteiger partial charge in [-0.05, 0) is 5.56 Å². The maximum absolute atomic E-state index is 10.3. The van der Waals surface area contributed by atoms with Crippen LogP contribution in [0.3, 0.4) is 0 Å². The summed E-state index contributed by atoms with van der Waals surface area (Å²) >= 11 is 0. The van der Waals surface area contributed by atoms with Crippen molar-refractivity contribution in [2.24, 2.45) is 0 Å². The van der Waals surface area contributed by atoms with E-state index in [1.807, 2.05) is 30.3 Å². The van der Waals surface area contributed by atoms with Crippen LogP contribution >= 0.6 is 0 Å². The van der Waals surface area contributed by atoms with E-state index >= 15 is 0 Å². The van der Waals surface area contributed by atoms with Gasteiger partial charge >= 0.3 is 5.97 Å². The van der Waals surface area contributed by atoms with Crippen molar-refractivity contribution in [3.63, 3.8) is 0 Å². The first-order valence-electron chi connectivity index (χ1n) is 5.47. The predicted molar refractivity (Wildman–Crippen MR) is 68.1 cm³/mol. The van der Waals surface area contributed by atoms with Crippen LogP contribution in [0.5, 0.6) is 0 Å². The van der Waals surface area contributed by atoms with Gasteiger partial charge in [-0.2, -0.15) is 0 Å². The Bertz CT molecular complexity index is 409. The molecule has 4 nitrogen and oxygen atoms in total. The highest BCUT2D eigenvalue weighted by Gasteiger charge is 2.06. The molecule has 1 rings (SSSR count). The smallest absolute Gasteiger partial charge is 0.328 e. The molecule has 1 unspecified atom stereocenters. The number of hydrogen-bond donors (Lipinski definition) is 1. The van der Waals surface area contributed by atoms with Crippen molar-refractivity contribution >= 4 is 5.97 Å². The Kier molecular flexibility index (Phi) is 6.46. The molecule has 4 heteroatoms. The van der Waals surface area contributed by atoms with Crippen LogP contribution in [-0.4, -0.2) is 25.0 Å². The Balaban J connectivity index is 2.70. The third-order valence-electron chi connectivity index (χ3n) is 2.13. The molecule has 0 aromatic heterocycles. The molecule has 0 heterocycles. The zero-order chi connectivity index (χ0) is 13.2. The van der Waals surface area contributed by atoms with E-state index in [0.29, 0.717) is 0 Å². The fraction of sp³-hybridized carbons (Fsp3) is 0.214. The summed E-state index contributed by atoms with van der Waals surface area (Å²) in [4.78, 5) is 10.3. The predicted octanol–water partition coefficient (Wildman–Crippen LogP) is 2.55. The van der Waals surface area contributed by atoms with Gasteiger partial charge in [0.15, 0.2) is 0 Å². The van der Waals surface area contributed by atoms with Crippen LogP contribution < -0.4 is 0 Å². The Hall–Kier alpha value is -1.91. The van der Waals surface area contributed by atoms with E-state index in [1.54, 1.807) is 19.3 Å². The first-order chi connectivity index (χ1) is 8.74. The number of carboxylic acid groups (broad SMARTS) is 1. The first-order valence-corrected chi connectivity index (χ1v) is 5.47. The van der Waals surface area contributed by atoms with E-state index in [4.69, 9.17) is 14.6 Å². The Morgan fingerprint density at radius 3 is 2.67 bits per heavy atom. The standard InChI is InChI=1S/C14H16O4/c1-17-11-18-13(9-5-6-10-14(15)16)12-7-3-2-4-8-12/h2-10,13H,11H2,1H3,(H,15,16)/b9-5+,10-6-. The van der Waals surface area contributed by atoms with E-state index in [0.717, 1.165) is 11.6 Å². The summed E-state index contributed by atoms with van der Waals surface area (Å²) in [7, 11) is 1.55. The van der Waals surface area contributed by atoms with Crippen molar-refractivity contribution in [2.75, 3.05) is 13.9 Å². The minimum atomic E-state index is -0.978. The normalized spacial score (nSPS) is 13.2. The molecule has 0 aliphatic rings. The van der Waals surface area contributed by atoms with Gasteiger partial charge in [0.25, 0.3) is 0 Å². The molecule has 0 bridgehead atoms. The summed E-state index contributed by atoms with van der Waals surface area (Å²) in [5, 5.41) is 8.47. The van der Waals surface area contributed by atoms with Crippen LogP contribution in [0.1, 0.15) is 11.7 Å². The largest absolute Gasteiger partial charge is 0.478 e. The lowest BCUT2D eigenvalue weighted by atomic mass is 10.1. The molecule has 0 aliphatic carbocycles. The minimum absolute atomic E-state index is 0.173. The molecule has 0 fully saturated rings. The number of allylic oxidation sites excluding steroid dienone is 2. The third kappa shape index (κ3) is 5.43. The van der Waals surface area contributed by atoms with E-state index in [2.05, 4.69) is 0 Å². The van der Waals surface area contributed by atoms with Crippen LogP contribution in [0.15, 0.2) is 54.6 Å². The van der Waals surface area contributed by atoms with Gasteiger partial charge in [0, 0.05) is 13.2 Å². The van der Waals surface area contributed by atoms with Gasteiger partial charge in [-0.3, -0.25) is 0 Å². The number of benzene rings is 1. The van der Waals surface area contributed by atoms with Crippen LogP contribution in [-0.2, 0) is 14.3 Å². The average Bonchev–Trinajstić information content (AvgIpc) is 2.38. The SMILES string of the molecule is COCOC(/C=C/C=C\C(=O)O)c1ccccc1. The second-order valence-corrected chi connectivity index (χ2v) is 3.49. The Morgan fingerprint density at radius 1 is 1.33 bits per heavy atom. The van der Waals surface area contributed by atoms with Crippen molar-refractivity contribution < 1.29 is 19.4 Å². The Morgan fingerprint density at radius 2 is 2.06 bits per heavy atom. The van der Waals surface area contributed by atoms with Crippen molar-refractivity contribution in [2.45, 2.75) is 6.10 Å². The van der Waals surface area contributed by atoms with E-state index in [-0.39, 0.29) is 12.9 Å².